The molecule has 7 nitrogen and oxygen atoms in total. The first-order valence-corrected chi connectivity index (χ1v) is 10.4. The molecule has 8 heteroatoms. The maximum Gasteiger partial charge on any atom is 0.243 e. The fourth-order valence-electron chi connectivity index (χ4n) is 3.64. The van der Waals surface area contributed by atoms with Crippen molar-refractivity contribution in [2.75, 3.05) is 24.5 Å². The van der Waals surface area contributed by atoms with E-state index in [-0.39, 0.29) is 16.9 Å². The normalized spacial score (nSPS) is 19.9. The summed E-state index contributed by atoms with van der Waals surface area (Å²) in [7, 11) is -3.59. The molecule has 1 atom stereocenters. The van der Waals surface area contributed by atoms with Crippen LogP contribution in [0.2, 0.25) is 0 Å². The lowest BCUT2D eigenvalue weighted by atomic mass is 10.2. The molecule has 1 fully saturated rings. The van der Waals surface area contributed by atoms with Crippen molar-refractivity contribution in [2.45, 2.75) is 30.8 Å². The SMILES string of the molecule is CC(=O)N1CCc2cc(S(=O)(=O)N3CCC(Oc4cccnc4)C3)ccc21. The number of rotatable bonds is 4. The summed E-state index contributed by atoms with van der Waals surface area (Å²) in [5.41, 5.74) is 1.70. The van der Waals surface area contributed by atoms with Gasteiger partial charge in [-0.2, -0.15) is 4.31 Å². The maximum atomic E-state index is 13.0. The van der Waals surface area contributed by atoms with E-state index in [2.05, 4.69) is 4.98 Å². The summed E-state index contributed by atoms with van der Waals surface area (Å²) < 4.78 is 33.4. The van der Waals surface area contributed by atoms with Crippen LogP contribution in [0.4, 0.5) is 5.69 Å². The second kappa shape index (κ2) is 6.94. The Kier molecular flexibility index (Phi) is 4.61. The van der Waals surface area contributed by atoms with Gasteiger partial charge < -0.3 is 9.64 Å². The Morgan fingerprint density at radius 2 is 2.11 bits per heavy atom. The Hall–Kier alpha value is -2.45. The van der Waals surface area contributed by atoms with E-state index in [0.717, 1.165) is 11.3 Å². The number of pyridine rings is 1. The van der Waals surface area contributed by atoms with Gasteiger partial charge in [0.1, 0.15) is 11.9 Å². The van der Waals surface area contributed by atoms with Crippen LogP contribution in [0, 0.1) is 0 Å². The van der Waals surface area contributed by atoms with Gasteiger partial charge in [-0.3, -0.25) is 9.78 Å². The smallest absolute Gasteiger partial charge is 0.243 e. The summed E-state index contributed by atoms with van der Waals surface area (Å²) in [5, 5.41) is 0. The standard InChI is InChI=1S/C19H21N3O4S/c1-14(23)22-10-6-15-11-18(4-5-19(15)22)27(24,25)21-9-7-17(13-21)26-16-3-2-8-20-12-16/h2-5,8,11-12,17H,6-7,9-10,13H2,1H3. The number of sulfonamides is 1. The summed E-state index contributed by atoms with van der Waals surface area (Å²) in [6, 6.07) is 8.61. The van der Waals surface area contributed by atoms with Crippen molar-refractivity contribution in [1.82, 2.24) is 9.29 Å². The molecular weight excluding hydrogens is 366 g/mol. The predicted molar refractivity (Wildman–Crippen MR) is 100 cm³/mol. The number of nitrogens with zero attached hydrogens (tertiary/aromatic N) is 3. The predicted octanol–water partition coefficient (Wildman–Crippen LogP) is 1.83. The molecule has 2 aliphatic rings. The summed E-state index contributed by atoms with van der Waals surface area (Å²) in [4.78, 5) is 17.6. The zero-order chi connectivity index (χ0) is 19.0. The molecule has 1 amide bonds. The molecule has 0 spiro atoms. The van der Waals surface area contributed by atoms with Gasteiger partial charge in [0.25, 0.3) is 0 Å². The summed E-state index contributed by atoms with van der Waals surface area (Å²) >= 11 is 0. The van der Waals surface area contributed by atoms with Gasteiger partial charge in [-0.25, -0.2) is 8.42 Å². The highest BCUT2D eigenvalue weighted by Crippen LogP contribution is 2.32. The van der Waals surface area contributed by atoms with Crippen molar-refractivity contribution in [3.05, 3.63) is 48.3 Å². The average molecular weight is 387 g/mol. The van der Waals surface area contributed by atoms with E-state index in [4.69, 9.17) is 4.74 Å². The Balaban J connectivity index is 1.50. The van der Waals surface area contributed by atoms with E-state index in [0.29, 0.717) is 38.2 Å². The monoisotopic (exact) mass is 387 g/mol. The molecule has 0 saturated carbocycles. The van der Waals surface area contributed by atoms with E-state index in [1.54, 1.807) is 41.6 Å². The fraction of sp³-hybridized carbons (Fsp3) is 0.368. The molecule has 4 rings (SSSR count). The first-order valence-electron chi connectivity index (χ1n) is 8.93. The lowest BCUT2D eigenvalue weighted by molar-refractivity contribution is -0.116. The van der Waals surface area contributed by atoms with Gasteiger partial charge in [0.05, 0.1) is 17.6 Å². The van der Waals surface area contributed by atoms with Gasteiger partial charge in [0.2, 0.25) is 15.9 Å². The number of fused-ring (bicyclic) bond motifs is 1. The van der Waals surface area contributed by atoms with Crippen LogP contribution in [0.3, 0.4) is 0 Å². The van der Waals surface area contributed by atoms with Crippen molar-refractivity contribution < 1.29 is 17.9 Å². The van der Waals surface area contributed by atoms with Crippen molar-refractivity contribution in [2.24, 2.45) is 0 Å². The second-order valence-electron chi connectivity index (χ2n) is 6.79. The quantitative estimate of drug-likeness (QED) is 0.800. The van der Waals surface area contributed by atoms with E-state index in [9.17, 15) is 13.2 Å². The molecule has 0 N–H and O–H groups in total. The number of anilines is 1. The summed E-state index contributed by atoms with van der Waals surface area (Å²) in [5.74, 6) is 0.614. The van der Waals surface area contributed by atoms with Crippen molar-refractivity contribution in [1.29, 1.82) is 0 Å². The van der Waals surface area contributed by atoms with Crippen LogP contribution >= 0.6 is 0 Å². The topological polar surface area (TPSA) is 79.8 Å². The Bertz CT molecular complexity index is 962. The van der Waals surface area contributed by atoms with Crippen LogP contribution < -0.4 is 9.64 Å². The van der Waals surface area contributed by atoms with E-state index in [1.165, 1.54) is 11.2 Å². The highest BCUT2D eigenvalue weighted by atomic mass is 32.2. The fourth-order valence-corrected chi connectivity index (χ4v) is 5.17. The molecule has 1 saturated heterocycles. The molecule has 2 aliphatic heterocycles. The molecule has 3 heterocycles. The third-order valence-electron chi connectivity index (χ3n) is 5.01. The lowest BCUT2D eigenvalue weighted by Crippen LogP contribution is -2.31. The zero-order valence-corrected chi connectivity index (χ0v) is 15.9. The molecular formula is C19H21N3O4S. The van der Waals surface area contributed by atoms with Gasteiger partial charge >= 0.3 is 0 Å². The van der Waals surface area contributed by atoms with Crippen molar-refractivity contribution >= 4 is 21.6 Å². The van der Waals surface area contributed by atoms with Crippen molar-refractivity contribution in [3.63, 3.8) is 0 Å². The summed E-state index contributed by atoms with van der Waals surface area (Å²) in [6.07, 6.45) is 4.41. The molecule has 0 aliphatic carbocycles. The van der Waals surface area contributed by atoms with E-state index < -0.39 is 10.0 Å². The minimum atomic E-state index is -3.59. The molecule has 142 valence electrons. The minimum Gasteiger partial charge on any atom is -0.487 e. The molecule has 1 aromatic carbocycles. The molecule has 2 aromatic rings. The van der Waals surface area contributed by atoms with E-state index >= 15 is 0 Å². The number of hydrogen-bond donors (Lipinski definition) is 0. The van der Waals surface area contributed by atoms with Gasteiger partial charge in [0.15, 0.2) is 0 Å². The number of amides is 1. The van der Waals surface area contributed by atoms with Gasteiger partial charge in [-0.15, -0.1) is 0 Å². The van der Waals surface area contributed by atoms with Gasteiger partial charge in [-0.1, -0.05) is 0 Å². The van der Waals surface area contributed by atoms with Crippen LogP contribution in [-0.4, -0.2) is 49.4 Å². The molecule has 1 unspecified atom stereocenters. The van der Waals surface area contributed by atoms with Crippen LogP contribution in [-0.2, 0) is 21.2 Å². The second-order valence-corrected chi connectivity index (χ2v) is 8.73. The highest BCUT2D eigenvalue weighted by Gasteiger charge is 2.34. The van der Waals surface area contributed by atoms with E-state index in [1.807, 2.05) is 6.07 Å². The first-order chi connectivity index (χ1) is 12.9. The number of carbonyl (C=O) groups excluding carboxylic acids is 1. The van der Waals surface area contributed by atoms with Crippen molar-refractivity contribution in [3.8, 4) is 5.75 Å². The molecule has 0 radical (unpaired) electrons. The van der Waals surface area contributed by atoms with Gasteiger partial charge in [-0.05, 0) is 48.7 Å². The lowest BCUT2D eigenvalue weighted by Gasteiger charge is -2.18. The third-order valence-corrected chi connectivity index (χ3v) is 6.87. The Morgan fingerprint density at radius 3 is 2.85 bits per heavy atom. The molecule has 0 bridgehead atoms. The van der Waals surface area contributed by atoms with Gasteiger partial charge in [0, 0.05) is 31.9 Å². The average Bonchev–Trinajstić information content (AvgIpc) is 3.29. The van der Waals surface area contributed by atoms with Crippen LogP contribution in [0.15, 0.2) is 47.6 Å². The molecule has 1 aromatic heterocycles. The molecule has 27 heavy (non-hydrogen) atoms. The largest absolute Gasteiger partial charge is 0.487 e. The number of benzene rings is 1. The number of aromatic nitrogens is 1. The maximum absolute atomic E-state index is 13.0. The Labute approximate surface area is 158 Å². The zero-order valence-electron chi connectivity index (χ0n) is 15.0. The van der Waals surface area contributed by atoms with Crippen LogP contribution in [0.25, 0.3) is 0 Å². The first kappa shape index (κ1) is 17.9. The third kappa shape index (κ3) is 3.42. The number of ether oxygens (including phenoxy) is 1. The summed E-state index contributed by atoms with van der Waals surface area (Å²) in [6.45, 7) is 2.85. The highest BCUT2D eigenvalue weighted by molar-refractivity contribution is 7.89. The number of hydrogen-bond acceptors (Lipinski definition) is 5. The number of carbonyl (C=O) groups is 1. The Morgan fingerprint density at radius 1 is 1.26 bits per heavy atom. The van der Waals surface area contributed by atoms with Crippen LogP contribution in [0.5, 0.6) is 5.75 Å². The minimum absolute atomic E-state index is 0.0284. The van der Waals surface area contributed by atoms with Crippen LogP contribution in [0.1, 0.15) is 18.9 Å².